The number of ether oxygens (including phenoxy) is 1. The first kappa shape index (κ1) is 19.0. The van der Waals surface area contributed by atoms with Gasteiger partial charge in [-0.2, -0.15) is 0 Å². The topological polar surface area (TPSA) is 75.9 Å². The van der Waals surface area contributed by atoms with Crippen LogP contribution in [0.2, 0.25) is 0 Å². The van der Waals surface area contributed by atoms with Gasteiger partial charge in [0.25, 0.3) is 11.8 Å². The minimum absolute atomic E-state index is 0.124. The lowest BCUT2D eigenvalue weighted by Gasteiger charge is -2.13. The zero-order chi connectivity index (χ0) is 20.2. The lowest BCUT2D eigenvalue weighted by Crippen LogP contribution is -2.29. The molecule has 0 radical (unpaired) electrons. The molecule has 1 aliphatic heterocycles. The van der Waals surface area contributed by atoms with E-state index in [1.807, 2.05) is 42.5 Å². The summed E-state index contributed by atoms with van der Waals surface area (Å²) in [6.07, 6.45) is 4.49. The molecule has 1 saturated heterocycles. The van der Waals surface area contributed by atoms with Gasteiger partial charge in [0.2, 0.25) is 5.82 Å². The number of pyridine rings is 1. The molecule has 3 heterocycles. The molecule has 0 saturated carbocycles. The fourth-order valence-electron chi connectivity index (χ4n) is 3.61. The largest absolute Gasteiger partial charge is 0.497 e. The highest BCUT2D eigenvalue weighted by atomic mass is 16.5. The van der Waals surface area contributed by atoms with Gasteiger partial charge in [-0.05, 0) is 49.1 Å². The number of imidazole rings is 1. The fraction of sp³-hybridized carbons (Fsp3) is 0.318. The molecule has 1 N–H and O–H groups in total. The van der Waals surface area contributed by atoms with E-state index in [1.165, 1.54) is 0 Å². The smallest absolute Gasteiger partial charge is 0.290 e. The van der Waals surface area contributed by atoms with E-state index in [9.17, 15) is 9.59 Å². The standard InChI is InChI=1S/C22H24N4O3/c1-29-17-9-7-16(8-10-17)11-12-23-21(27)19-18-6-2-3-15-26(18)20(24-19)22(28)25-13-4-5-14-25/h2-3,6-10,15H,4-5,11-14H2,1H3,(H,23,27). The number of carbonyl (C=O) groups excluding carboxylic acids is 2. The van der Waals surface area contributed by atoms with Gasteiger partial charge < -0.3 is 15.0 Å². The van der Waals surface area contributed by atoms with Crippen LogP contribution >= 0.6 is 0 Å². The van der Waals surface area contributed by atoms with E-state index in [4.69, 9.17) is 4.74 Å². The summed E-state index contributed by atoms with van der Waals surface area (Å²) < 4.78 is 6.87. The van der Waals surface area contributed by atoms with Crippen molar-refractivity contribution in [1.29, 1.82) is 0 Å². The number of likely N-dealkylation sites (tertiary alicyclic amines) is 1. The normalized spacial score (nSPS) is 13.6. The molecule has 7 nitrogen and oxygen atoms in total. The summed E-state index contributed by atoms with van der Waals surface area (Å²) in [7, 11) is 1.63. The Morgan fingerprint density at radius 2 is 1.86 bits per heavy atom. The molecule has 150 valence electrons. The van der Waals surface area contributed by atoms with Crippen LogP contribution in [0.5, 0.6) is 5.75 Å². The van der Waals surface area contributed by atoms with Crippen molar-refractivity contribution < 1.29 is 14.3 Å². The molecule has 0 aliphatic carbocycles. The van der Waals surface area contributed by atoms with Gasteiger partial charge in [0.05, 0.1) is 12.6 Å². The van der Waals surface area contributed by atoms with E-state index >= 15 is 0 Å². The second kappa shape index (κ2) is 8.34. The summed E-state index contributed by atoms with van der Waals surface area (Å²) >= 11 is 0. The van der Waals surface area contributed by atoms with Gasteiger partial charge in [0, 0.05) is 25.8 Å². The number of fused-ring (bicyclic) bond motifs is 1. The van der Waals surface area contributed by atoms with Crippen LogP contribution in [-0.2, 0) is 6.42 Å². The first-order chi connectivity index (χ1) is 14.2. The number of hydrogen-bond donors (Lipinski definition) is 1. The number of hydrogen-bond acceptors (Lipinski definition) is 4. The fourth-order valence-corrected chi connectivity index (χ4v) is 3.61. The maximum Gasteiger partial charge on any atom is 0.290 e. The summed E-state index contributed by atoms with van der Waals surface area (Å²) in [5.41, 5.74) is 2.02. The molecular weight excluding hydrogens is 368 g/mol. The van der Waals surface area contributed by atoms with Gasteiger partial charge in [-0.1, -0.05) is 18.2 Å². The Bertz CT molecular complexity index is 1020. The van der Waals surface area contributed by atoms with Crippen molar-refractivity contribution in [3.8, 4) is 5.75 Å². The lowest BCUT2D eigenvalue weighted by molar-refractivity contribution is 0.0780. The van der Waals surface area contributed by atoms with Crippen molar-refractivity contribution in [3.05, 3.63) is 65.7 Å². The van der Waals surface area contributed by atoms with E-state index in [-0.39, 0.29) is 17.5 Å². The first-order valence-electron chi connectivity index (χ1n) is 9.85. The van der Waals surface area contributed by atoms with Gasteiger partial charge in [-0.25, -0.2) is 4.98 Å². The van der Waals surface area contributed by atoms with Crippen molar-refractivity contribution in [1.82, 2.24) is 19.6 Å². The van der Waals surface area contributed by atoms with Gasteiger partial charge >= 0.3 is 0 Å². The van der Waals surface area contributed by atoms with E-state index in [0.29, 0.717) is 24.3 Å². The first-order valence-corrected chi connectivity index (χ1v) is 9.85. The predicted octanol–water partition coefficient (Wildman–Crippen LogP) is 2.55. The molecule has 1 fully saturated rings. The highest BCUT2D eigenvalue weighted by Crippen LogP contribution is 2.17. The zero-order valence-corrected chi connectivity index (χ0v) is 16.4. The second-order valence-electron chi connectivity index (χ2n) is 7.09. The number of nitrogens with zero attached hydrogens (tertiary/aromatic N) is 3. The Morgan fingerprint density at radius 1 is 1.10 bits per heavy atom. The van der Waals surface area contributed by atoms with Crippen LogP contribution in [0.4, 0.5) is 0 Å². The van der Waals surface area contributed by atoms with Crippen molar-refractivity contribution in [2.45, 2.75) is 19.3 Å². The van der Waals surface area contributed by atoms with Crippen LogP contribution in [0.15, 0.2) is 48.7 Å². The third kappa shape index (κ3) is 3.94. The molecule has 0 atom stereocenters. The number of aromatic nitrogens is 2. The Kier molecular flexibility index (Phi) is 5.46. The molecule has 1 aliphatic rings. The molecule has 0 bridgehead atoms. The van der Waals surface area contributed by atoms with Crippen molar-refractivity contribution >= 4 is 17.3 Å². The van der Waals surface area contributed by atoms with E-state index in [0.717, 1.165) is 37.2 Å². The zero-order valence-electron chi connectivity index (χ0n) is 16.4. The molecule has 4 rings (SSSR count). The average Bonchev–Trinajstić information content (AvgIpc) is 3.42. The molecule has 3 aromatic rings. The molecule has 2 aromatic heterocycles. The van der Waals surface area contributed by atoms with Gasteiger partial charge in [-0.15, -0.1) is 0 Å². The minimum Gasteiger partial charge on any atom is -0.497 e. The van der Waals surface area contributed by atoms with E-state index < -0.39 is 0 Å². The molecule has 29 heavy (non-hydrogen) atoms. The third-order valence-corrected chi connectivity index (χ3v) is 5.21. The lowest BCUT2D eigenvalue weighted by atomic mass is 10.1. The summed E-state index contributed by atoms with van der Waals surface area (Å²) in [6, 6.07) is 13.2. The monoisotopic (exact) mass is 392 g/mol. The SMILES string of the molecule is COc1ccc(CCNC(=O)c2nc(C(=O)N3CCCC3)n3ccccc23)cc1. The van der Waals surface area contributed by atoms with Crippen molar-refractivity contribution in [3.63, 3.8) is 0 Å². The number of amides is 2. The number of methoxy groups -OCH3 is 1. The molecule has 2 amide bonds. The number of rotatable bonds is 6. The van der Waals surface area contributed by atoms with Crippen LogP contribution < -0.4 is 10.1 Å². The number of carbonyl (C=O) groups is 2. The second-order valence-corrected chi connectivity index (χ2v) is 7.09. The minimum atomic E-state index is -0.275. The van der Waals surface area contributed by atoms with Crippen LogP contribution in [0.25, 0.3) is 5.52 Å². The predicted molar refractivity (Wildman–Crippen MR) is 109 cm³/mol. The maximum absolute atomic E-state index is 12.8. The number of nitrogens with one attached hydrogen (secondary N) is 1. The average molecular weight is 392 g/mol. The molecular formula is C22H24N4O3. The van der Waals surface area contributed by atoms with Crippen molar-refractivity contribution in [2.75, 3.05) is 26.7 Å². The van der Waals surface area contributed by atoms with Crippen LogP contribution in [0, 0.1) is 0 Å². The maximum atomic E-state index is 12.8. The molecule has 7 heteroatoms. The summed E-state index contributed by atoms with van der Waals surface area (Å²) in [5.74, 6) is 0.698. The van der Waals surface area contributed by atoms with Crippen LogP contribution in [0.3, 0.4) is 0 Å². The van der Waals surface area contributed by atoms with Gasteiger partial charge in [0.15, 0.2) is 5.69 Å². The third-order valence-electron chi connectivity index (χ3n) is 5.21. The summed E-state index contributed by atoms with van der Waals surface area (Å²) in [4.78, 5) is 31.8. The van der Waals surface area contributed by atoms with Crippen LogP contribution in [0.1, 0.15) is 39.5 Å². The Morgan fingerprint density at radius 3 is 2.59 bits per heavy atom. The molecule has 1 aromatic carbocycles. The Hall–Kier alpha value is -3.35. The van der Waals surface area contributed by atoms with Crippen molar-refractivity contribution in [2.24, 2.45) is 0 Å². The highest BCUT2D eigenvalue weighted by Gasteiger charge is 2.26. The highest BCUT2D eigenvalue weighted by molar-refractivity contribution is 6.02. The Labute approximate surface area is 169 Å². The van der Waals surface area contributed by atoms with Crippen LogP contribution in [-0.4, -0.2) is 52.8 Å². The van der Waals surface area contributed by atoms with E-state index in [2.05, 4.69) is 10.3 Å². The summed E-state index contributed by atoms with van der Waals surface area (Å²) in [5, 5.41) is 2.92. The number of benzene rings is 1. The summed E-state index contributed by atoms with van der Waals surface area (Å²) in [6.45, 7) is 1.96. The quantitative estimate of drug-likeness (QED) is 0.700. The van der Waals surface area contributed by atoms with Gasteiger partial charge in [-0.3, -0.25) is 14.0 Å². The molecule has 0 unspecified atom stereocenters. The molecule has 0 spiro atoms. The van der Waals surface area contributed by atoms with E-state index in [1.54, 1.807) is 22.6 Å². The Balaban J connectivity index is 1.49. The van der Waals surface area contributed by atoms with Gasteiger partial charge in [0.1, 0.15) is 5.75 Å².